The first-order valence-corrected chi connectivity index (χ1v) is 20.6. The van der Waals surface area contributed by atoms with Crippen molar-refractivity contribution in [1.29, 1.82) is 0 Å². The fourth-order valence-corrected chi connectivity index (χ4v) is 7.44. The first-order chi connectivity index (χ1) is 25.1. The van der Waals surface area contributed by atoms with Crippen molar-refractivity contribution < 1.29 is 40.7 Å². The summed E-state index contributed by atoms with van der Waals surface area (Å²) in [5.41, 5.74) is -0.352. The fraction of sp³-hybridized carbons (Fsp3) is 0.436. The number of carbonyl (C=O) groups excluding carboxylic acids is 2. The van der Waals surface area contributed by atoms with E-state index in [-0.39, 0.29) is 44.3 Å². The lowest BCUT2D eigenvalue weighted by atomic mass is 9.93. The van der Waals surface area contributed by atoms with Crippen molar-refractivity contribution in [2.24, 2.45) is 7.05 Å². The molecule has 4 aromatic rings. The zero-order valence-corrected chi connectivity index (χ0v) is 34.3. The highest BCUT2D eigenvalue weighted by molar-refractivity contribution is 6.74. The number of fused-ring (bicyclic) bond motifs is 1. The maximum absolute atomic E-state index is 14.5. The maximum Gasteiger partial charge on any atom is 0.471 e. The third-order valence-corrected chi connectivity index (χ3v) is 13.8. The van der Waals surface area contributed by atoms with Crippen LogP contribution in [0.25, 0.3) is 22.0 Å². The van der Waals surface area contributed by atoms with E-state index in [0.29, 0.717) is 11.1 Å². The number of aryl methyl sites for hydroxylation is 1. The number of hydrogen-bond acceptors (Lipinski definition) is 6. The predicted molar refractivity (Wildman–Crippen MR) is 205 cm³/mol. The Labute approximate surface area is 323 Å². The third kappa shape index (κ3) is 10.8. The van der Waals surface area contributed by atoms with E-state index < -0.39 is 61.2 Å². The third-order valence-electron chi connectivity index (χ3n) is 8.83. The number of rotatable bonds is 8. The molecule has 0 fully saturated rings. The molecule has 9 nitrogen and oxygen atoms in total. The number of ether oxygens (including phenoxy) is 1. The molecule has 0 aliphatic rings. The summed E-state index contributed by atoms with van der Waals surface area (Å²) in [5, 5.41) is 8.61. The van der Waals surface area contributed by atoms with Crippen molar-refractivity contribution >= 4 is 48.6 Å². The zero-order chi connectivity index (χ0) is 41.5. The number of alkyl carbamates (subject to hydrolysis) is 1. The standard InChI is InChI=1S/C39H45ClF5N5O4Si/c1-36(2,3)53-35(52)47-29(20-22-18-23(41)21-24(42)19-22)31-26(13-12-25(46-31)16-17-38(7,8)54-55(10,11)37(4,5)6)27-14-15-28(40)30-32(27)50(9)49-33(30)48-34(51)39(43,44)45/h12-15,18-19,21,29H,20H2,1-11H3,(H,47,52)(H,48,49,51)/t29-/m0/s1. The Hall–Kier alpha value is -4.52. The number of halogens is 6. The molecular formula is C39H45ClF5N5O4Si. The van der Waals surface area contributed by atoms with Gasteiger partial charge in [-0.15, -0.1) is 0 Å². The molecular weight excluding hydrogens is 761 g/mol. The zero-order valence-electron chi connectivity index (χ0n) is 32.6. The molecule has 2 heterocycles. The minimum Gasteiger partial charge on any atom is -0.444 e. The lowest BCUT2D eigenvalue weighted by Crippen LogP contribution is -2.47. The van der Waals surface area contributed by atoms with Crippen molar-refractivity contribution in [1.82, 2.24) is 20.1 Å². The summed E-state index contributed by atoms with van der Waals surface area (Å²) in [4.78, 5) is 30.2. The summed E-state index contributed by atoms with van der Waals surface area (Å²) in [6.45, 7) is 19.2. The Morgan fingerprint density at radius 3 is 2.11 bits per heavy atom. The number of pyridine rings is 1. The molecule has 0 unspecified atom stereocenters. The van der Waals surface area contributed by atoms with E-state index in [1.54, 1.807) is 44.3 Å². The van der Waals surface area contributed by atoms with Crippen LogP contribution in [-0.4, -0.2) is 52.5 Å². The molecule has 2 amide bonds. The summed E-state index contributed by atoms with van der Waals surface area (Å²) in [6, 6.07) is 8.10. The Balaban J connectivity index is 2.00. The lowest BCUT2D eigenvalue weighted by molar-refractivity contribution is -0.167. The van der Waals surface area contributed by atoms with Gasteiger partial charge in [-0.25, -0.2) is 18.6 Å². The Bertz CT molecular complexity index is 2160. The Morgan fingerprint density at radius 1 is 0.945 bits per heavy atom. The highest BCUT2D eigenvalue weighted by atomic mass is 35.5. The van der Waals surface area contributed by atoms with Crippen LogP contribution in [0.4, 0.5) is 32.6 Å². The van der Waals surface area contributed by atoms with Crippen LogP contribution in [0.15, 0.2) is 42.5 Å². The number of carbonyl (C=O) groups is 2. The topological polar surface area (TPSA) is 107 Å². The molecule has 2 aromatic carbocycles. The number of nitrogens with zero attached hydrogens (tertiary/aromatic N) is 3. The van der Waals surface area contributed by atoms with Gasteiger partial charge in [0.1, 0.15) is 28.5 Å². The van der Waals surface area contributed by atoms with Crippen LogP contribution in [-0.2, 0) is 27.4 Å². The molecule has 2 N–H and O–H groups in total. The van der Waals surface area contributed by atoms with Gasteiger partial charge in [-0.2, -0.15) is 18.3 Å². The van der Waals surface area contributed by atoms with E-state index in [0.717, 1.165) is 18.2 Å². The van der Waals surface area contributed by atoms with Gasteiger partial charge in [-0.1, -0.05) is 44.4 Å². The SMILES string of the molecule is Cn1nc(NC(=O)C(F)(F)F)c2c(Cl)ccc(-c3ccc(C#CC(C)(C)O[Si](C)(C)C(C)(C)C)nc3[C@H](Cc3cc(F)cc(F)c3)NC(=O)OC(C)(C)C)c21. The molecule has 0 aliphatic carbocycles. The first kappa shape index (κ1) is 43.2. The van der Waals surface area contributed by atoms with Crippen molar-refractivity contribution in [3.05, 3.63) is 76.1 Å². The Morgan fingerprint density at radius 2 is 1.55 bits per heavy atom. The van der Waals surface area contributed by atoms with E-state index in [9.17, 15) is 31.5 Å². The van der Waals surface area contributed by atoms with E-state index in [2.05, 4.69) is 56.1 Å². The van der Waals surface area contributed by atoms with Crippen molar-refractivity contribution in [3.8, 4) is 23.0 Å². The Kier molecular flexibility index (Phi) is 12.2. The molecule has 0 aliphatic heterocycles. The van der Waals surface area contributed by atoms with Crippen LogP contribution in [0, 0.1) is 23.5 Å². The molecule has 0 spiro atoms. The van der Waals surface area contributed by atoms with Crippen LogP contribution < -0.4 is 10.6 Å². The molecule has 296 valence electrons. The molecule has 0 saturated heterocycles. The largest absolute Gasteiger partial charge is 0.471 e. The number of nitrogens with one attached hydrogen (secondary N) is 2. The fourth-order valence-electron chi connectivity index (χ4n) is 5.56. The number of aromatic nitrogens is 3. The minimum absolute atomic E-state index is 0.00228. The maximum atomic E-state index is 14.5. The van der Waals surface area contributed by atoms with Gasteiger partial charge in [0.2, 0.25) is 0 Å². The van der Waals surface area contributed by atoms with Crippen molar-refractivity contribution in [2.75, 3.05) is 5.32 Å². The lowest BCUT2D eigenvalue weighted by Gasteiger charge is -2.40. The van der Waals surface area contributed by atoms with Gasteiger partial charge in [0.25, 0.3) is 0 Å². The predicted octanol–water partition coefficient (Wildman–Crippen LogP) is 10.0. The highest BCUT2D eigenvalue weighted by Gasteiger charge is 2.41. The number of amides is 2. The molecule has 16 heteroatoms. The van der Waals surface area contributed by atoms with Crippen molar-refractivity contribution in [3.63, 3.8) is 0 Å². The average Bonchev–Trinajstić information content (AvgIpc) is 3.33. The summed E-state index contributed by atoms with van der Waals surface area (Å²) in [5.74, 6) is 1.88. The van der Waals surface area contributed by atoms with Gasteiger partial charge in [-0.3, -0.25) is 9.48 Å². The summed E-state index contributed by atoms with van der Waals surface area (Å²) < 4.78 is 82.2. The number of hydrogen-bond donors (Lipinski definition) is 2. The molecule has 0 saturated carbocycles. The van der Waals surface area contributed by atoms with Crippen LogP contribution >= 0.6 is 11.6 Å². The minimum atomic E-state index is -5.21. The molecule has 2 aromatic heterocycles. The number of anilines is 1. The smallest absolute Gasteiger partial charge is 0.444 e. The number of benzene rings is 2. The van der Waals surface area contributed by atoms with Crippen LogP contribution in [0.3, 0.4) is 0 Å². The van der Waals surface area contributed by atoms with E-state index in [1.165, 1.54) is 17.8 Å². The van der Waals surface area contributed by atoms with Gasteiger partial charge in [-0.05, 0) is 101 Å². The van der Waals surface area contributed by atoms with Gasteiger partial charge in [0.05, 0.1) is 27.7 Å². The normalized spacial score (nSPS) is 13.3. The molecule has 55 heavy (non-hydrogen) atoms. The summed E-state index contributed by atoms with van der Waals surface area (Å²) in [7, 11) is -0.806. The van der Waals surface area contributed by atoms with E-state index >= 15 is 0 Å². The molecule has 0 bridgehead atoms. The van der Waals surface area contributed by atoms with Crippen molar-refractivity contribution in [2.45, 2.75) is 103 Å². The first-order valence-electron chi connectivity index (χ1n) is 17.3. The summed E-state index contributed by atoms with van der Waals surface area (Å²) >= 11 is 6.51. The monoisotopic (exact) mass is 805 g/mol. The van der Waals surface area contributed by atoms with Gasteiger partial charge < -0.3 is 19.8 Å². The molecule has 4 rings (SSSR count). The van der Waals surface area contributed by atoms with Gasteiger partial charge in [0, 0.05) is 24.2 Å². The van der Waals surface area contributed by atoms with E-state index in [4.69, 9.17) is 25.7 Å². The average molecular weight is 806 g/mol. The molecule has 1 atom stereocenters. The van der Waals surface area contributed by atoms with Crippen LogP contribution in [0.1, 0.15) is 78.4 Å². The quantitative estimate of drug-likeness (QED) is 0.104. The van der Waals surface area contributed by atoms with Crippen LogP contribution in [0.5, 0.6) is 0 Å². The van der Waals surface area contributed by atoms with Crippen LogP contribution in [0.2, 0.25) is 23.2 Å². The molecule has 0 radical (unpaired) electrons. The second-order valence-corrected chi connectivity index (χ2v) is 21.3. The van der Waals surface area contributed by atoms with Gasteiger partial charge >= 0.3 is 18.2 Å². The number of alkyl halides is 3. The van der Waals surface area contributed by atoms with Gasteiger partial charge in [0.15, 0.2) is 14.1 Å². The summed E-state index contributed by atoms with van der Waals surface area (Å²) in [6.07, 6.45) is -6.25. The second-order valence-electron chi connectivity index (χ2n) is 16.2. The van der Waals surface area contributed by atoms with E-state index in [1.807, 2.05) is 13.8 Å². The second kappa shape index (κ2) is 15.5. The highest BCUT2D eigenvalue weighted by Crippen LogP contribution is 2.41.